The Morgan fingerprint density at radius 2 is 0.937 bits per heavy atom. The molecule has 63 heavy (non-hydrogen) atoms. The van der Waals surface area contributed by atoms with Gasteiger partial charge in [0.1, 0.15) is 60.9 Å². The smallest absolute Gasteiger partial charge is 0.203 e. The number of ether oxygens (including phenoxy) is 7. The predicted octanol–water partition coefficient (Wildman–Crippen LogP) is 10.9. The molecule has 1 fully saturated rings. The Morgan fingerprint density at radius 1 is 0.540 bits per heavy atom. The average Bonchev–Trinajstić information content (AvgIpc) is 3.77. The third-order valence-electron chi connectivity index (χ3n) is 10.2. The lowest BCUT2D eigenvalue weighted by Gasteiger charge is -2.29. The molecule has 7 aromatic carbocycles. The predicted molar refractivity (Wildman–Crippen MR) is 247 cm³/mol. The van der Waals surface area contributed by atoms with Crippen LogP contribution in [0.5, 0.6) is 34.5 Å². The normalized spacial score (nSPS) is 15.5. The van der Waals surface area contributed by atoms with E-state index in [9.17, 15) is 9.32 Å². The third kappa shape index (κ3) is 11.9. The Hall–Kier alpha value is -6.11. The number of aliphatic hydroxyl groups excluding tert-OH is 1. The lowest BCUT2D eigenvalue weighted by molar-refractivity contribution is -0.0371. The largest absolute Gasteiger partial charge is 0.489 e. The molecule has 0 saturated carbocycles. The van der Waals surface area contributed by atoms with Crippen LogP contribution >= 0.6 is 15.9 Å². The van der Waals surface area contributed by atoms with Crippen molar-refractivity contribution in [3.63, 3.8) is 0 Å². The summed E-state index contributed by atoms with van der Waals surface area (Å²) in [5, 5.41) is 12.3. The minimum atomic E-state index is -1.50. The maximum absolute atomic E-state index is 13.4. The van der Waals surface area contributed by atoms with Crippen LogP contribution in [0.1, 0.15) is 39.5 Å². The molecule has 0 bridgehead atoms. The Morgan fingerprint density at radius 3 is 1.37 bits per heavy atom. The summed E-state index contributed by atoms with van der Waals surface area (Å²) in [6.07, 6.45) is -2.59. The maximum atomic E-state index is 13.4. The summed E-state index contributed by atoms with van der Waals surface area (Å²) in [5.41, 5.74) is 4.18. The first-order chi connectivity index (χ1) is 31.0. The van der Waals surface area contributed by atoms with E-state index in [-0.39, 0.29) is 45.4 Å². The molecule has 1 heterocycles. The molecule has 1 saturated heterocycles. The fourth-order valence-electron chi connectivity index (χ4n) is 6.92. The lowest BCUT2D eigenvalue weighted by atomic mass is 10.0. The van der Waals surface area contributed by atoms with Gasteiger partial charge in [0.15, 0.2) is 23.0 Å². The van der Waals surface area contributed by atoms with Gasteiger partial charge in [0.25, 0.3) is 0 Å². The van der Waals surface area contributed by atoms with Crippen LogP contribution in [0.4, 0.5) is 0 Å². The molecule has 0 radical (unpaired) electrons. The van der Waals surface area contributed by atoms with Crippen LogP contribution in [0.3, 0.4) is 0 Å². The molecule has 0 amide bonds. The SMILES string of the molecule is O=S1CCOC1[C@@H](O)[C@H](Oc1cc(OCc2ccccc2)cc(OCc2ccccc2)c1Br)c1cc(OCc2ccccc2)c(OCc2ccccc2)c(OCc2ccccc2)c1. The number of hydrogen-bond donors (Lipinski definition) is 1. The molecule has 322 valence electrons. The van der Waals surface area contributed by atoms with Crippen LogP contribution in [0.25, 0.3) is 0 Å². The first-order valence-electron chi connectivity index (χ1n) is 20.7. The summed E-state index contributed by atoms with van der Waals surface area (Å²) < 4.78 is 59.2. The molecule has 11 heteroatoms. The molecular weight excluding hydrogens is 881 g/mol. The summed E-state index contributed by atoms with van der Waals surface area (Å²) in [6.45, 7) is 1.45. The number of hydrogen-bond acceptors (Lipinski definition) is 9. The molecule has 8 rings (SSSR count). The summed E-state index contributed by atoms with van der Waals surface area (Å²) in [7, 11) is -1.50. The molecule has 4 atom stereocenters. The highest BCUT2D eigenvalue weighted by Crippen LogP contribution is 2.46. The Kier molecular flexibility index (Phi) is 15.1. The topological polar surface area (TPSA) is 102 Å². The van der Waals surface area contributed by atoms with Crippen LogP contribution in [-0.2, 0) is 48.6 Å². The fourth-order valence-corrected chi connectivity index (χ4v) is 8.56. The lowest BCUT2D eigenvalue weighted by Crippen LogP contribution is -2.37. The van der Waals surface area contributed by atoms with Gasteiger partial charge in [-0.05, 0) is 55.9 Å². The zero-order valence-corrected chi connectivity index (χ0v) is 36.8. The summed E-state index contributed by atoms with van der Waals surface area (Å²) in [5.74, 6) is 2.60. The molecule has 9 nitrogen and oxygen atoms in total. The Bertz CT molecular complexity index is 2470. The highest BCUT2D eigenvalue weighted by molar-refractivity contribution is 9.10. The van der Waals surface area contributed by atoms with Gasteiger partial charge < -0.3 is 38.3 Å². The van der Waals surface area contributed by atoms with Crippen LogP contribution < -0.4 is 28.4 Å². The van der Waals surface area contributed by atoms with Crippen LogP contribution in [0.15, 0.2) is 180 Å². The van der Waals surface area contributed by atoms with Gasteiger partial charge in [-0.1, -0.05) is 152 Å². The van der Waals surface area contributed by atoms with Crippen molar-refractivity contribution < 1.29 is 42.5 Å². The van der Waals surface area contributed by atoms with Gasteiger partial charge in [0.05, 0.1) is 17.4 Å². The van der Waals surface area contributed by atoms with Crippen molar-refractivity contribution in [1.82, 2.24) is 0 Å². The number of aliphatic hydroxyl groups is 1. The first kappa shape index (κ1) is 43.5. The Balaban J connectivity index is 1.22. The van der Waals surface area contributed by atoms with Crippen molar-refractivity contribution in [2.45, 2.75) is 50.7 Å². The van der Waals surface area contributed by atoms with Crippen molar-refractivity contribution in [2.24, 2.45) is 0 Å². The average molecular weight is 928 g/mol. The van der Waals surface area contributed by atoms with Crippen molar-refractivity contribution in [3.05, 3.63) is 214 Å². The molecule has 0 aromatic heterocycles. The molecule has 1 aliphatic rings. The molecule has 7 aromatic rings. The highest BCUT2D eigenvalue weighted by Gasteiger charge is 2.40. The van der Waals surface area contributed by atoms with Crippen molar-refractivity contribution in [3.8, 4) is 34.5 Å². The van der Waals surface area contributed by atoms with Crippen LogP contribution in [0, 0.1) is 0 Å². The zero-order chi connectivity index (χ0) is 43.2. The van der Waals surface area contributed by atoms with E-state index < -0.39 is 28.4 Å². The molecular formula is C52H47BrO9S. The van der Waals surface area contributed by atoms with E-state index in [1.807, 2.05) is 152 Å². The van der Waals surface area contributed by atoms with E-state index in [4.69, 9.17) is 33.2 Å². The monoisotopic (exact) mass is 926 g/mol. The maximum Gasteiger partial charge on any atom is 0.203 e. The van der Waals surface area contributed by atoms with Gasteiger partial charge >= 0.3 is 0 Å². The Labute approximate surface area is 378 Å². The minimum absolute atomic E-state index is 0.211. The quantitative estimate of drug-likeness (QED) is 0.0801. The number of benzene rings is 7. The van der Waals surface area contributed by atoms with Crippen molar-refractivity contribution in [2.75, 3.05) is 12.4 Å². The van der Waals surface area contributed by atoms with Gasteiger partial charge in [0.2, 0.25) is 5.75 Å². The van der Waals surface area contributed by atoms with Gasteiger partial charge in [-0.3, -0.25) is 4.21 Å². The van der Waals surface area contributed by atoms with E-state index in [0.29, 0.717) is 44.5 Å². The first-order valence-corrected chi connectivity index (χ1v) is 22.8. The molecule has 0 aliphatic carbocycles. The third-order valence-corrected chi connectivity index (χ3v) is 12.5. The second-order valence-electron chi connectivity index (χ2n) is 14.8. The summed E-state index contributed by atoms with van der Waals surface area (Å²) in [6, 6.07) is 56.2. The molecule has 2 unspecified atom stereocenters. The van der Waals surface area contributed by atoms with Crippen molar-refractivity contribution >= 4 is 26.7 Å². The second kappa shape index (κ2) is 21.8. The van der Waals surface area contributed by atoms with E-state index in [2.05, 4.69) is 15.9 Å². The zero-order valence-electron chi connectivity index (χ0n) is 34.4. The van der Waals surface area contributed by atoms with Gasteiger partial charge in [0, 0.05) is 23.4 Å². The van der Waals surface area contributed by atoms with E-state index >= 15 is 0 Å². The van der Waals surface area contributed by atoms with Gasteiger partial charge in [-0.15, -0.1) is 0 Å². The second-order valence-corrected chi connectivity index (χ2v) is 17.2. The summed E-state index contributed by atoms with van der Waals surface area (Å²) >= 11 is 3.77. The van der Waals surface area contributed by atoms with E-state index in [1.165, 1.54) is 0 Å². The van der Waals surface area contributed by atoms with E-state index in [0.717, 1.165) is 27.8 Å². The highest BCUT2D eigenvalue weighted by atomic mass is 79.9. The summed E-state index contributed by atoms with van der Waals surface area (Å²) in [4.78, 5) is 0. The van der Waals surface area contributed by atoms with Crippen LogP contribution in [-0.4, -0.2) is 33.2 Å². The standard InChI is InChI=1S/C52H47BrO9S/c53-48-44(58-33-38-18-8-2-9-19-38)30-43(57-32-37-16-6-1-7-17-37)31-45(48)62-50(49(54)52-56-26-27-63(52)55)42-28-46(59-34-39-20-10-3-11-21-39)51(61-36-41-24-14-5-15-25-41)47(29-42)60-35-40-22-12-4-13-23-40/h1-25,28-31,49-50,52,54H,26-27,32-36H2/t49-,50+,52?,63?/m0/s1. The fraction of sp³-hybridized carbons (Fsp3) is 0.192. The molecule has 1 N–H and O–H groups in total. The molecule has 1 aliphatic heterocycles. The minimum Gasteiger partial charge on any atom is -0.489 e. The van der Waals surface area contributed by atoms with Gasteiger partial charge in [-0.2, -0.15) is 0 Å². The van der Waals surface area contributed by atoms with E-state index in [1.54, 1.807) is 24.3 Å². The number of halogens is 1. The van der Waals surface area contributed by atoms with Gasteiger partial charge in [-0.25, -0.2) is 0 Å². The van der Waals surface area contributed by atoms with Crippen molar-refractivity contribution in [1.29, 1.82) is 0 Å². The molecule has 0 spiro atoms. The number of rotatable bonds is 20. The van der Waals surface area contributed by atoms with Crippen LogP contribution in [0.2, 0.25) is 0 Å².